The van der Waals surface area contributed by atoms with Crippen LogP contribution in [0.2, 0.25) is 0 Å². The average Bonchev–Trinajstić information content (AvgIpc) is 3.55. The molecule has 1 aliphatic carbocycles. The van der Waals surface area contributed by atoms with E-state index in [4.69, 9.17) is 14.9 Å². The predicted octanol–water partition coefficient (Wildman–Crippen LogP) is 2.71. The van der Waals surface area contributed by atoms with Gasteiger partial charge in [-0.05, 0) is 55.5 Å². The number of aromatic nitrogens is 2. The van der Waals surface area contributed by atoms with Crippen molar-refractivity contribution in [2.24, 2.45) is 0 Å². The summed E-state index contributed by atoms with van der Waals surface area (Å²) < 4.78 is 73.9. The number of nitrogens with one attached hydrogen (secondary N) is 1. The first-order valence-corrected chi connectivity index (χ1v) is 12.3. The Labute approximate surface area is 193 Å². The van der Waals surface area contributed by atoms with E-state index in [0.717, 1.165) is 55.9 Å². The number of hydrogen-bond acceptors (Lipinski definition) is 5. The van der Waals surface area contributed by atoms with Crippen molar-refractivity contribution in [1.29, 1.82) is 0 Å². The van der Waals surface area contributed by atoms with E-state index >= 15 is 0 Å². The molecular weight excluding hydrogens is 480 g/mol. The highest BCUT2D eigenvalue weighted by Gasteiger charge is 2.47. The fraction of sp³-hybridized carbons (Fsp3) is 0.524. The minimum atomic E-state index is -5.08. The number of nitrogens with zero attached hydrogens (tertiary/aromatic N) is 3. The molecule has 0 amide bonds. The molecule has 3 heterocycles. The molecule has 2 aliphatic heterocycles. The molecule has 1 aromatic heterocycles. The smallest absolute Gasteiger partial charge is 0.475 e. The molecule has 3 aliphatic rings. The summed E-state index contributed by atoms with van der Waals surface area (Å²) in [4.78, 5) is 13.6. The van der Waals surface area contributed by atoms with Gasteiger partial charge in [0, 0.05) is 26.2 Å². The maximum atomic E-state index is 13.3. The second kappa shape index (κ2) is 8.93. The van der Waals surface area contributed by atoms with Gasteiger partial charge in [0.15, 0.2) is 0 Å². The highest BCUT2D eigenvalue weighted by molar-refractivity contribution is 7.90. The van der Waals surface area contributed by atoms with Crippen molar-refractivity contribution in [3.8, 4) is 11.3 Å². The summed E-state index contributed by atoms with van der Waals surface area (Å²) in [7, 11) is -3.12. The molecule has 0 radical (unpaired) electrons. The quantitative estimate of drug-likeness (QED) is 0.623. The zero-order chi connectivity index (χ0) is 24.7. The summed E-state index contributed by atoms with van der Waals surface area (Å²) in [5.74, 6) is -2.04. The van der Waals surface area contributed by atoms with Crippen molar-refractivity contribution in [3.63, 3.8) is 0 Å². The van der Waals surface area contributed by atoms with E-state index < -0.39 is 22.2 Å². The van der Waals surface area contributed by atoms with E-state index in [9.17, 15) is 26.0 Å². The lowest BCUT2D eigenvalue weighted by atomic mass is 9.86. The molecule has 0 atom stereocenters. The number of carboxylic acids is 1. The summed E-state index contributed by atoms with van der Waals surface area (Å²) in [6.45, 7) is 2.68. The molecule has 2 fully saturated rings. The molecule has 2 aromatic rings. The van der Waals surface area contributed by atoms with Crippen LogP contribution in [0, 0.1) is 5.82 Å². The van der Waals surface area contributed by atoms with Crippen LogP contribution in [0.15, 0.2) is 30.5 Å². The highest BCUT2D eigenvalue weighted by Crippen LogP contribution is 2.39. The Bertz CT molecular complexity index is 1150. The third kappa shape index (κ3) is 4.82. The SMILES string of the molecule is O=C(O)C(F)(F)F.O=S(=O)(C1CC1)N1CCC2(CC1)NCCn1c(-c3ccc(F)cc3)cnc12. The normalized spacial score (nSPS) is 20.4. The van der Waals surface area contributed by atoms with Crippen LogP contribution in [0.25, 0.3) is 11.3 Å². The number of rotatable bonds is 3. The maximum Gasteiger partial charge on any atom is 0.490 e. The standard InChI is InChI=1S/C19H23FN4O2S.C2HF3O2/c20-15-3-1-14(2-4-15)17-13-21-18-19(22-9-12-24(17)18)7-10-23(11-8-19)27(25,26)16-5-6-16;3-2(4,5)1(6)7/h1-4,13,16,22H,5-12H2;(H,6,7). The van der Waals surface area contributed by atoms with Crippen LogP contribution in [-0.4, -0.2) is 64.4 Å². The van der Waals surface area contributed by atoms with Crippen LogP contribution < -0.4 is 5.32 Å². The third-order valence-electron chi connectivity index (χ3n) is 6.35. The number of piperidine rings is 1. The lowest BCUT2D eigenvalue weighted by Crippen LogP contribution is -2.56. The second-order valence-electron chi connectivity index (χ2n) is 8.58. The number of benzene rings is 1. The molecule has 0 bridgehead atoms. The summed E-state index contributed by atoms with van der Waals surface area (Å²) in [6.07, 6.45) is -0.191. The van der Waals surface area contributed by atoms with Gasteiger partial charge in [0.05, 0.1) is 22.7 Å². The van der Waals surface area contributed by atoms with E-state index in [1.807, 2.05) is 6.20 Å². The lowest BCUT2D eigenvalue weighted by Gasteiger charge is -2.44. The number of halogens is 4. The van der Waals surface area contributed by atoms with Gasteiger partial charge in [-0.25, -0.2) is 26.9 Å². The number of imidazole rings is 1. The van der Waals surface area contributed by atoms with Gasteiger partial charge in [0.2, 0.25) is 10.0 Å². The summed E-state index contributed by atoms with van der Waals surface area (Å²) in [6, 6.07) is 6.49. The predicted molar refractivity (Wildman–Crippen MR) is 114 cm³/mol. The van der Waals surface area contributed by atoms with Gasteiger partial charge in [-0.1, -0.05) is 0 Å². The van der Waals surface area contributed by atoms with Crippen LogP contribution in [0.4, 0.5) is 17.6 Å². The maximum absolute atomic E-state index is 13.3. The van der Waals surface area contributed by atoms with E-state index in [1.54, 1.807) is 16.4 Å². The van der Waals surface area contributed by atoms with Gasteiger partial charge < -0.3 is 15.0 Å². The molecule has 13 heteroatoms. The van der Waals surface area contributed by atoms with Gasteiger partial charge in [-0.2, -0.15) is 13.2 Å². The summed E-state index contributed by atoms with van der Waals surface area (Å²) in [5, 5.41) is 10.6. The van der Waals surface area contributed by atoms with Crippen molar-refractivity contribution in [3.05, 3.63) is 42.1 Å². The minimum absolute atomic E-state index is 0.155. The Morgan fingerprint density at radius 1 is 1.12 bits per heavy atom. The third-order valence-corrected chi connectivity index (χ3v) is 8.75. The number of carbonyl (C=O) groups is 1. The molecule has 1 aromatic carbocycles. The molecular formula is C21H24F4N4O4S. The molecule has 1 spiro atoms. The largest absolute Gasteiger partial charge is 0.490 e. The van der Waals surface area contributed by atoms with Gasteiger partial charge in [0.25, 0.3) is 0 Å². The molecule has 1 saturated heterocycles. The minimum Gasteiger partial charge on any atom is -0.475 e. The average molecular weight is 505 g/mol. The monoisotopic (exact) mass is 504 g/mol. The Balaban J connectivity index is 0.000000344. The number of fused-ring (bicyclic) bond motifs is 2. The Morgan fingerprint density at radius 2 is 1.71 bits per heavy atom. The van der Waals surface area contributed by atoms with Crippen LogP contribution in [0.5, 0.6) is 0 Å². The topological polar surface area (TPSA) is 105 Å². The van der Waals surface area contributed by atoms with Crippen molar-refractivity contribution >= 4 is 16.0 Å². The van der Waals surface area contributed by atoms with Gasteiger partial charge in [0.1, 0.15) is 11.6 Å². The van der Waals surface area contributed by atoms with E-state index in [2.05, 4.69) is 9.88 Å². The Kier molecular flexibility index (Phi) is 6.46. The van der Waals surface area contributed by atoms with Crippen LogP contribution in [-0.2, 0) is 26.9 Å². The number of alkyl halides is 3. The molecule has 34 heavy (non-hydrogen) atoms. The number of sulfonamides is 1. The first-order chi connectivity index (χ1) is 15.9. The number of aliphatic carboxylic acids is 1. The molecule has 2 N–H and O–H groups in total. The van der Waals surface area contributed by atoms with Gasteiger partial charge >= 0.3 is 12.1 Å². The van der Waals surface area contributed by atoms with Crippen molar-refractivity contribution < 1.29 is 35.9 Å². The first kappa shape index (κ1) is 24.6. The number of carboxylic acid groups (broad SMARTS) is 1. The zero-order valence-electron chi connectivity index (χ0n) is 18.1. The van der Waals surface area contributed by atoms with Crippen molar-refractivity contribution in [2.45, 2.75) is 49.2 Å². The van der Waals surface area contributed by atoms with Crippen LogP contribution in [0.1, 0.15) is 31.5 Å². The van der Waals surface area contributed by atoms with E-state index in [1.165, 1.54) is 12.1 Å². The summed E-state index contributed by atoms with van der Waals surface area (Å²) in [5.41, 5.74) is 1.64. The summed E-state index contributed by atoms with van der Waals surface area (Å²) >= 11 is 0. The molecule has 1 saturated carbocycles. The fourth-order valence-electron chi connectivity index (χ4n) is 4.42. The van der Waals surface area contributed by atoms with E-state index in [0.29, 0.717) is 13.1 Å². The van der Waals surface area contributed by atoms with Gasteiger partial charge in [-0.15, -0.1) is 0 Å². The Morgan fingerprint density at radius 3 is 2.24 bits per heavy atom. The second-order valence-corrected chi connectivity index (χ2v) is 10.8. The van der Waals surface area contributed by atoms with E-state index in [-0.39, 0.29) is 16.6 Å². The van der Waals surface area contributed by atoms with Gasteiger partial charge in [-0.3, -0.25) is 0 Å². The van der Waals surface area contributed by atoms with Crippen molar-refractivity contribution in [2.75, 3.05) is 19.6 Å². The number of hydrogen-bond donors (Lipinski definition) is 2. The highest BCUT2D eigenvalue weighted by atomic mass is 32.2. The molecule has 8 nitrogen and oxygen atoms in total. The zero-order valence-corrected chi connectivity index (χ0v) is 18.9. The van der Waals surface area contributed by atoms with Crippen LogP contribution >= 0.6 is 0 Å². The molecule has 0 unspecified atom stereocenters. The lowest BCUT2D eigenvalue weighted by molar-refractivity contribution is -0.192. The molecule has 5 rings (SSSR count). The molecule has 186 valence electrons. The van der Waals surface area contributed by atoms with Crippen molar-refractivity contribution in [1.82, 2.24) is 19.2 Å². The first-order valence-electron chi connectivity index (χ1n) is 10.8. The Hall–Kier alpha value is -2.51. The van der Waals surface area contributed by atoms with Crippen LogP contribution in [0.3, 0.4) is 0 Å². The fourth-order valence-corrected chi connectivity index (χ4v) is 6.27.